The van der Waals surface area contributed by atoms with Crippen molar-refractivity contribution in [2.45, 2.75) is 90.1 Å². The third-order valence-corrected chi connectivity index (χ3v) is 14.6. The second-order valence-electron chi connectivity index (χ2n) is 18.0. The molecule has 9 unspecified atom stereocenters. The Kier molecular flexibility index (Phi) is 7.42. The Morgan fingerprint density at radius 3 is 2.35 bits per heavy atom. The number of aromatic hydroxyl groups is 2. The Morgan fingerprint density at radius 1 is 0.947 bits per heavy atom. The molecule has 1 saturated heterocycles. The van der Waals surface area contributed by atoms with E-state index in [-0.39, 0.29) is 53.9 Å². The van der Waals surface area contributed by atoms with Crippen LogP contribution >= 0.6 is 0 Å². The first-order chi connectivity index (χ1) is 26.7. The number of fused-ring (bicyclic) bond motifs is 7. The summed E-state index contributed by atoms with van der Waals surface area (Å²) in [4.78, 5) is 51.1. The lowest BCUT2D eigenvalue weighted by Crippen LogP contribution is -2.70. The molecule has 0 bridgehead atoms. The molecular weight excluding hydrogens is 736 g/mol. The zero-order chi connectivity index (χ0) is 41.0. The number of allylic oxidation sites excluding steroid dienone is 6. The highest BCUT2D eigenvalue weighted by Crippen LogP contribution is 2.81. The van der Waals surface area contributed by atoms with E-state index in [1.165, 1.54) is 31.2 Å². The molecule has 2 aliphatic heterocycles. The number of hydrogen-bond acceptors (Lipinski definition) is 13. The second kappa shape index (κ2) is 11.4. The summed E-state index contributed by atoms with van der Waals surface area (Å²) < 4.78 is 23.3. The number of epoxide rings is 1. The average molecular weight is 781 g/mol. The standard InChI is InChI=1S/C28H32O7.C16H12O6/c1-14(29)34-17-12-26(5)16(15-8-10-33-13-15)11-19-28(26,35-19)27(6)21(17)25(4)9-7-18(30)24(2,3)22(25)20(31)23(27)32;17-10-2-1-8-13-9-4-12(19)11(18)3-7(9)5-16(13,21)6-22-15(8)14(10)20/h7-10,13,16-17,19,21,31H,11-12H2,1-6H3;1-4,18-21H,5-6H2. The van der Waals surface area contributed by atoms with Crippen LogP contribution < -0.4 is 0 Å². The number of esters is 1. The SMILES string of the molecule is CC(=O)OC1CC2(C)C(c3ccoc3)CC3OC32C2(C)C(=O)C(O)=C3C(C)(C)C(=O)C=CC3(C)C12.O=C1C=CC2=C3c4cc(O)c(O)cc4CC3(O)COC2=C1O. The Bertz CT molecular complexity index is 2390. The number of rotatable bonds is 2. The van der Waals surface area contributed by atoms with Crippen molar-refractivity contribution in [2.24, 2.45) is 27.6 Å². The number of ketones is 3. The van der Waals surface area contributed by atoms with Crippen LogP contribution in [-0.2, 0) is 39.8 Å². The Morgan fingerprint density at radius 2 is 1.67 bits per heavy atom. The van der Waals surface area contributed by atoms with Gasteiger partial charge >= 0.3 is 5.97 Å². The number of aliphatic hydroxyl groups excluding tert-OH is 2. The summed E-state index contributed by atoms with van der Waals surface area (Å²) >= 11 is 0. The monoisotopic (exact) mass is 780 g/mol. The quantitative estimate of drug-likeness (QED) is 0.145. The van der Waals surface area contributed by atoms with Gasteiger partial charge in [0.15, 0.2) is 28.8 Å². The van der Waals surface area contributed by atoms with Crippen molar-refractivity contribution in [3.63, 3.8) is 0 Å². The molecule has 3 fully saturated rings. The fourth-order valence-electron chi connectivity index (χ4n) is 12.5. The van der Waals surface area contributed by atoms with Crippen molar-refractivity contribution in [2.75, 3.05) is 6.61 Å². The van der Waals surface area contributed by atoms with Crippen LogP contribution in [0.3, 0.4) is 0 Å². The van der Waals surface area contributed by atoms with Gasteiger partial charge in [-0.05, 0) is 98.2 Å². The Balaban J connectivity index is 0.000000165. The van der Waals surface area contributed by atoms with Crippen LogP contribution in [0, 0.1) is 27.6 Å². The third kappa shape index (κ3) is 4.47. The van der Waals surface area contributed by atoms with E-state index in [2.05, 4.69) is 6.92 Å². The summed E-state index contributed by atoms with van der Waals surface area (Å²) in [6.07, 6.45) is 10.1. The minimum Gasteiger partial charge on any atom is -0.504 e. The molecule has 1 spiro atoms. The van der Waals surface area contributed by atoms with E-state index in [0.717, 1.165) is 5.56 Å². The van der Waals surface area contributed by atoms with E-state index in [1.54, 1.807) is 38.5 Å². The molecule has 13 heteroatoms. The maximum Gasteiger partial charge on any atom is 0.302 e. The summed E-state index contributed by atoms with van der Waals surface area (Å²) in [5, 5.41) is 51.6. The number of ether oxygens (including phenoxy) is 3. The van der Waals surface area contributed by atoms with Gasteiger partial charge in [-0.2, -0.15) is 0 Å². The fraction of sp³-hybridized carbons (Fsp3) is 0.455. The third-order valence-electron chi connectivity index (χ3n) is 14.6. The number of carbonyl (C=O) groups excluding carboxylic acids is 4. The lowest BCUT2D eigenvalue weighted by atomic mass is 9.38. The number of benzene rings is 1. The van der Waals surface area contributed by atoms with E-state index in [9.17, 15) is 44.7 Å². The van der Waals surface area contributed by atoms with E-state index in [1.807, 2.05) is 19.9 Å². The van der Waals surface area contributed by atoms with Crippen LogP contribution in [0.25, 0.3) is 5.57 Å². The first-order valence-electron chi connectivity index (χ1n) is 19.1. The molecule has 5 N–H and O–H groups in total. The van der Waals surface area contributed by atoms with Gasteiger partial charge in [-0.1, -0.05) is 19.9 Å². The predicted molar refractivity (Wildman–Crippen MR) is 199 cm³/mol. The normalized spacial score (nSPS) is 38.8. The largest absolute Gasteiger partial charge is 0.504 e. The lowest BCUT2D eigenvalue weighted by molar-refractivity contribution is -0.200. The van der Waals surface area contributed by atoms with E-state index >= 15 is 0 Å². The fourth-order valence-corrected chi connectivity index (χ4v) is 12.5. The summed E-state index contributed by atoms with van der Waals surface area (Å²) in [6.45, 7) is 10.7. The van der Waals surface area contributed by atoms with Crippen molar-refractivity contribution in [3.8, 4) is 11.5 Å². The van der Waals surface area contributed by atoms with Gasteiger partial charge < -0.3 is 44.2 Å². The molecule has 0 amide bonds. The maximum atomic E-state index is 14.3. The maximum absolute atomic E-state index is 14.3. The van der Waals surface area contributed by atoms with Crippen molar-refractivity contribution in [1.29, 1.82) is 0 Å². The molecule has 2 aromatic rings. The van der Waals surface area contributed by atoms with Gasteiger partial charge in [-0.3, -0.25) is 19.2 Å². The summed E-state index contributed by atoms with van der Waals surface area (Å²) in [5.74, 6) is -3.42. The highest BCUT2D eigenvalue weighted by Gasteiger charge is 2.89. The van der Waals surface area contributed by atoms with Gasteiger partial charge in [0.25, 0.3) is 0 Å². The molecule has 3 heterocycles. The van der Waals surface area contributed by atoms with Crippen LogP contribution in [0.5, 0.6) is 11.5 Å². The average Bonchev–Trinajstić information content (AvgIpc) is 3.36. The van der Waals surface area contributed by atoms with E-state index in [4.69, 9.17) is 18.6 Å². The number of carbonyl (C=O) groups is 4. The minimum absolute atomic E-state index is 0.0348. The summed E-state index contributed by atoms with van der Waals surface area (Å²) in [6, 6.07) is 4.71. The molecule has 13 nitrogen and oxygen atoms in total. The van der Waals surface area contributed by atoms with Crippen LogP contribution in [-0.4, -0.2) is 78.9 Å². The minimum atomic E-state index is -1.33. The van der Waals surface area contributed by atoms with E-state index in [0.29, 0.717) is 40.7 Å². The van der Waals surface area contributed by atoms with E-state index < -0.39 is 68.2 Å². The van der Waals surface area contributed by atoms with Crippen molar-refractivity contribution in [1.82, 2.24) is 0 Å². The lowest BCUT2D eigenvalue weighted by Gasteiger charge is -2.64. The highest BCUT2D eigenvalue weighted by atomic mass is 16.6. The predicted octanol–water partition coefficient (Wildman–Crippen LogP) is 5.51. The number of hydrogen-bond donors (Lipinski definition) is 5. The summed E-state index contributed by atoms with van der Waals surface area (Å²) in [7, 11) is 0. The van der Waals surface area contributed by atoms with Crippen molar-refractivity contribution in [3.05, 3.63) is 100 Å². The van der Waals surface area contributed by atoms with Gasteiger partial charge in [0, 0.05) is 41.2 Å². The molecule has 1 aromatic carbocycles. The van der Waals surface area contributed by atoms with Gasteiger partial charge in [0.05, 0.1) is 29.5 Å². The zero-order valence-electron chi connectivity index (χ0n) is 32.3. The van der Waals surface area contributed by atoms with Crippen molar-refractivity contribution < 1.29 is 63.3 Å². The number of aliphatic hydroxyl groups is 3. The molecule has 298 valence electrons. The van der Waals surface area contributed by atoms with Crippen LogP contribution in [0.15, 0.2) is 87.9 Å². The van der Waals surface area contributed by atoms with Gasteiger partial charge in [0.1, 0.15) is 23.9 Å². The van der Waals surface area contributed by atoms with Crippen LogP contribution in [0.1, 0.15) is 77.0 Å². The molecule has 9 atom stereocenters. The molecular formula is C44H44O13. The molecule has 1 aromatic heterocycles. The topological polar surface area (TPSA) is 214 Å². The van der Waals surface area contributed by atoms with Crippen molar-refractivity contribution >= 4 is 28.9 Å². The first-order valence-corrected chi connectivity index (χ1v) is 19.1. The van der Waals surface area contributed by atoms with Crippen LogP contribution in [0.2, 0.25) is 0 Å². The Hall–Kier alpha value is -5.40. The number of furan rings is 1. The molecule has 8 aliphatic rings. The smallest absolute Gasteiger partial charge is 0.302 e. The number of Topliss-reactive ketones (excluding diaryl/α,β-unsaturated/α-hetero) is 1. The number of phenols is 2. The van der Waals surface area contributed by atoms with Crippen LogP contribution in [0.4, 0.5) is 0 Å². The van der Waals surface area contributed by atoms with Gasteiger partial charge in [0.2, 0.25) is 17.3 Å². The first kappa shape index (κ1) is 37.2. The highest BCUT2D eigenvalue weighted by molar-refractivity contribution is 6.07. The van der Waals surface area contributed by atoms with Gasteiger partial charge in [-0.15, -0.1) is 0 Å². The zero-order valence-corrected chi connectivity index (χ0v) is 32.3. The molecule has 6 aliphatic carbocycles. The number of phenolic OH excluding ortho intramolecular Hbond substituents is 2. The van der Waals surface area contributed by atoms with Gasteiger partial charge in [-0.25, -0.2) is 0 Å². The molecule has 57 heavy (non-hydrogen) atoms. The Labute approximate surface area is 327 Å². The molecule has 0 radical (unpaired) electrons. The molecule has 10 rings (SSSR count). The second-order valence-corrected chi connectivity index (χ2v) is 18.0. The summed E-state index contributed by atoms with van der Waals surface area (Å²) in [5.41, 5.74) is -2.26. The molecule has 2 saturated carbocycles.